The van der Waals surface area contributed by atoms with E-state index in [1.165, 1.54) is 22.8 Å². The molecule has 26 heavy (non-hydrogen) atoms. The van der Waals surface area contributed by atoms with Crippen molar-refractivity contribution in [2.24, 2.45) is 0 Å². The molecule has 1 aromatic heterocycles. The summed E-state index contributed by atoms with van der Waals surface area (Å²) >= 11 is 0. The highest BCUT2D eigenvalue weighted by molar-refractivity contribution is 7.89. The van der Waals surface area contributed by atoms with Gasteiger partial charge in [-0.3, -0.25) is 10.1 Å². The molecule has 0 N–H and O–H groups in total. The maximum Gasteiger partial charge on any atom is 0.270 e. The lowest BCUT2D eigenvalue weighted by Crippen LogP contribution is -2.42. The molecule has 0 amide bonds. The molecule has 0 saturated carbocycles. The minimum absolute atomic E-state index is 0.0260. The van der Waals surface area contributed by atoms with Gasteiger partial charge in [-0.25, -0.2) is 18.4 Å². The zero-order valence-corrected chi connectivity index (χ0v) is 14.9. The van der Waals surface area contributed by atoms with Crippen molar-refractivity contribution in [3.8, 4) is 5.88 Å². The Morgan fingerprint density at radius 1 is 1.27 bits per heavy atom. The number of benzene rings is 1. The highest BCUT2D eigenvalue weighted by Crippen LogP contribution is 2.27. The topological polar surface area (TPSA) is 116 Å². The summed E-state index contributed by atoms with van der Waals surface area (Å²) in [6.07, 6.45) is 3.85. The highest BCUT2D eigenvalue weighted by Gasteiger charge is 2.32. The molecule has 0 unspecified atom stereocenters. The van der Waals surface area contributed by atoms with E-state index < -0.39 is 14.9 Å². The Balaban J connectivity index is 1.72. The molecule has 1 fully saturated rings. The summed E-state index contributed by atoms with van der Waals surface area (Å²) in [7, 11) is -3.80. The maximum absolute atomic E-state index is 12.9. The molecule has 9 nitrogen and oxygen atoms in total. The molecule has 0 atom stereocenters. The quantitative estimate of drug-likeness (QED) is 0.576. The first-order valence-electron chi connectivity index (χ1n) is 8.06. The number of hydrogen-bond acceptors (Lipinski definition) is 7. The number of hydrogen-bond donors (Lipinski definition) is 0. The standard InChI is InChI=1S/C16H18N4O5S/c1-12-2-3-13(20(21)22)10-15(12)26(23,24)19-8-5-14(6-9-19)25-16-4-7-17-11-18-16/h2-4,7,10-11,14H,5-6,8-9H2,1H3. The lowest BCUT2D eigenvalue weighted by Gasteiger charge is -2.31. The van der Waals surface area contributed by atoms with Gasteiger partial charge in [0.15, 0.2) is 0 Å². The van der Waals surface area contributed by atoms with Gasteiger partial charge < -0.3 is 4.74 Å². The molecule has 1 aliphatic heterocycles. The zero-order chi connectivity index (χ0) is 18.7. The third kappa shape index (κ3) is 3.81. The third-order valence-electron chi connectivity index (χ3n) is 4.24. The first-order valence-corrected chi connectivity index (χ1v) is 9.50. The van der Waals surface area contributed by atoms with Crippen LogP contribution in [-0.4, -0.2) is 46.8 Å². The fourth-order valence-corrected chi connectivity index (χ4v) is 4.54. The SMILES string of the molecule is Cc1ccc([N+](=O)[O-])cc1S(=O)(=O)N1CCC(Oc2ccncn2)CC1. The van der Waals surface area contributed by atoms with Gasteiger partial charge in [-0.1, -0.05) is 6.07 Å². The number of aryl methyl sites for hydroxylation is 1. The van der Waals surface area contributed by atoms with Crippen LogP contribution in [0.2, 0.25) is 0 Å². The van der Waals surface area contributed by atoms with Gasteiger partial charge in [-0.05, 0) is 25.3 Å². The Kier molecular flexibility index (Phi) is 5.14. The van der Waals surface area contributed by atoms with Crippen molar-refractivity contribution in [3.63, 3.8) is 0 Å². The summed E-state index contributed by atoms with van der Waals surface area (Å²) in [5, 5.41) is 11.0. The van der Waals surface area contributed by atoms with E-state index in [4.69, 9.17) is 4.74 Å². The molecule has 1 aromatic carbocycles. The molecule has 0 radical (unpaired) electrons. The van der Waals surface area contributed by atoms with Gasteiger partial charge in [0.2, 0.25) is 15.9 Å². The first-order chi connectivity index (χ1) is 12.4. The predicted octanol–water partition coefficient (Wildman–Crippen LogP) is 1.93. The number of aromatic nitrogens is 2. The number of rotatable bonds is 5. The average Bonchev–Trinajstić information content (AvgIpc) is 2.63. The summed E-state index contributed by atoms with van der Waals surface area (Å²) < 4.78 is 32.9. The Labute approximate surface area is 150 Å². The Morgan fingerprint density at radius 2 is 2.00 bits per heavy atom. The minimum atomic E-state index is -3.80. The monoisotopic (exact) mass is 378 g/mol. The maximum atomic E-state index is 12.9. The molecule has 1 aliphatic rings. The number of nitro groups is 1. The Morgan fingerprint density at radius 3 is 2.62 bits per heavy atom. The number of nitro benzene ring substituents is 1. The second kappa shape index (κ2) is 7.34. The normalized spacial score (nSPS) is 16.3. The number of sulfonamides is 1. The van der Waals surface area contributed by atoms with Crippen LogP contribution in [0.15, 0.2) is 41.7 Å². The molecule has 0 aliphatic carbocycles. The van der Waals surface area contributed by atoms with Gasteiger partial charge in [0, 0.05) is 37.5 Å². The number of piperidine rings is 1. The van der Waals surface area contributed by atoms with Crippen LogP contribution in [-0.2, 0) is 10.0 Å². The second-order valence-corrected chi connectivity index (χ2v) is 7.88. The van der Waals surface area contributed by atoms with E-state index >= 15 is 0 Å². The molecule has 0 bridgehead atoms. The van der Waals surface area contributed by atoms with Crippen molar-refractivity contribution in [2.75, 3.05) is 13.1 Å². The van der Waals surface area contributed by atoms with Gasteiger partial charge in [0.05, 0.1) is 9.82 Å². The molecule has 3 rings (SSSR count). The van der Waals surface area contributed by atoms with Gasteiger partial charge >= 0.3 is 0 Å². The van der Waals surface area contributed by atoms with E-state index in [2.05, 4.69) is 9.97 Å². The smallest absolute Gasteiger partial charge is 0.270 e. The van der Waals surface area contributed by atoms with Crippen LogP contribution in [0.25, 0.3) is 0 Å². The summed E-state index contributed by atoms with van der Waals surface area (Å²) in [4.78, 5) is 18.1. The number of ether oxygens (including phenoxy) is 1. The fraction of sp³-hybridized carbons (Fsp3) is 0.375. The van der Waals surface area contributed by atoms with Crippen molar-refractivity contribution in [2.45, 2.75) is 30.8 Å². The third-order valence-corrected chi connectivity index (χ3v) is 6.28. The zero-order valence-electron chi connectivity index (χ0n) is 14.1. The predicted molar refractivity (Wildman–Crippen MR) is 92.3 cm³/mol. The molecule has 10 heteroatoms. The lowest BCUT2D eigenvalue weighted by atomic mass is 10.1. The molecular weight excluding hydrogens is 360 g/mol. The summed E-state index contributed by atoms with van der Waals surface area (Å²) in [5.74, 6) is 0.454. The van der Waals surface area contributed by atoms with Crippen LogP contribution in [0.4, 0.5) is 5.69 Å². The van der Waals surface area contributed by atoms with Gasteiger partial charge in [-0.15, -0.1) is 0 Å². The summed E-state index contributed by atoms with van der Waals surface area (Å²) in [6, 6.07) is 5.52. The Bertz CT molecular complexity index is 896. The molecule has 2 aromatic rings. The van der Waals surface area contributed by atoms with Gasteiger partial charge in [0.1, 0.15) is 12.4 Å². The van der Waals surface area contributed by atoms with Crippen molar-refractivity contribution in [1.29, 1.82) is 0 Å². The van der Waals surface area contributed by atoms with Crippen molar-refractivity contribution < 1.29 is 18.1 Å². The van der Waals surface area contributed by atoms with E-state index in [1.54, 1.807) is 19.2 Å². The van der Waals surface area contributed by atoms with Crippen LogP contribution in [0, 0.1) is 17.0 Å². The highest BCUT2D eigenvalue weighted by atomic mass is 32.2. The van der Waals surface area contributed by atoms with Crippen LogP contribution in [0.1, 0.15) is 18.4 Å². The van der Waals surface area contributed by atoms with Crippen molar-refractivity contribution in [1.82, 2.24) is 14.3 Å². The van der Waals surface area contributed by atoms with Crippen LogP contribution in [0.3, 0.4) is 0 Å². The van der Waals surface area contributed by atoms with E-state index in [-0.39, 0.29) is 29.8 Å². The van der Waals surface area contributed by atoms with E-state index in [9.17, 15) is 18.5 Å². The molecule has 138 valence electrons. The lowest BCUT2D eigenvalue weighted by molar-refractivity contribution is -0.385. The first kappa shape index (κ1) is 18.2. The van der Waals surface area contributed by atoms with Gasteiger partial charge in [-0.2, -0.15) is 4.31 Å². The molecular formula is C16H18N4O5S. The van der Waals surface area contributed by atoms with Gasteiger partial charge in [0.25, 0.3) is 5.69 Å². The van der Waals surface area contributed by atoms with Crippen molar-refractivity contribution >= 4 is 15.7 Å². The average molecular weight is 378 g/mol. The van der Waals surface area contributed by atoms with E-state index in [1.807, 2.05) is 0 Å². The molecule has 1 saturated heterocycles. The molecule has 0 spiro atoms. The van der Waals surface area contributed by atoms with Crippen molar-refractivity contribution in [3.05, 3.63) is 52.5 Å². The summed E-state index contributed by atoms with van der Waals surface area (Å²) in [6.45, 7) is 2.18. The largest absolute Gasteiger partial charge is 0.474 e. The minimum Gasteiger partial charge on any atom is -0.474 e. The van der Waals surface area contributed by atoms with E-state index in [0.717, 1.165) is 6.07 Å². The van der Waals surface area contributed by atoms with Crippen LogP contribution < -0.4 is 4.74 Å². The number of non-ortho nitro benzene ring substituents is 1. The summed E-state index contributed by atoms with van der Waals surface area (Å²) in [5.41, 5.74) is 0.242. The second-order valence-electron chi connectivity index (χ2n) is 5.98. The van der Waals surface area contributed by atoms with Crippen LogP contribution >= 0.6 is 0 Å². The number of nitrogens with zero attached hydrogens (tertiary/aromatic N) is 4. The fourth-order valence-electron chi connectivity index (χ4n) is 2.83. The van der Waals surface area contributed by atoms with E-state index in [0.29, 0.717) is 24.3 Å². The van der Waals surface area contributed by atoms with Crippen LogP contribution in [0.5, 0.6) is 5.88 Å². The molecule has 2 heterocycles. The Hall–Kier alpha value is -2.59.